The van der Waals surface area contributed by atoms with Gasteiger partial charge in [0.25, 0.3) is 0 Å². The molecule has 0 aromatic carbocycles. The fraction of sp³-hybridized carbons (Fsp3) is 0.250. The summed E-state index contributed by atoms with van der Waals surface area (Å²) in [5.74, 6) is 0. The van der Waals surface area contributed by atoms with E-state index in [0.717, 1.165) is 4.88 Å². The predicted molar refractivity (Wildman–Crippen MR) is 62.1 cm³/mol. The largest absolute Gasteiger partial charge is 0.381 e. The number of hydrogen-bond donors (Lipinski definition) is 1. The van der Waals surface area contributed by atoms with Gasteiger partial charge in [-0.25, -0.2) is 4.68 Å². The lowest BCUT2D eigenvalue weighted by Gasteiger charge is -2.08. The summed E-state index contributed by atoms with van der Waals surface area (Å²) in [4.78, 5) is 0.770. The Balaban J connectivity index is 2.40. The van der Waals surface area contributed by atoms with Crippen LogP contribution < -0.4 is 0 Å². The van der Waals surface area contributed by atoms with Gasteiger partial charge in [-0.15, -0.1) is 16.4 Å². The van der Waals surface area contributed by atoms with Gasteiger partial charge in [-0.3, -0.25) is 0 Å². The van der Waals surface area contributed by atoms with Crippen molar-refractivity contribution in [2.24, 2.45) is 7.05 Å². The van der Waals surface area contributed by atoms with E-state index in [2.05, 4.69) is 26.2 Å². The van der Waals surface area contributed by atoms with Crippen LogP contribution in [-0.4, -0.2) is 20.1 Å². The monoisotopic (exact) mass is 307 g/mol. The Morgan fingerprint density at radius 1 is 1.60 bits per heavy atom. The highest BCUT2D eigenvalue weighted by Crippen LogP contribution is 2.32. The smallest absolute Gasteiger partial charge is 0.154 e. The molecule has 0 saturated heterocycles. The summed E-state index contributed by atoms with van der Waals surface area (Å²) in [6, 6.07) is 3.54. The molecule has 2 rings (SSSR count). The first-order valence-corrected chi connectivity index (χ1v) is 6.06. The third-order valence-corrected chi connectivity index (χ3v) is 3.80. The van der Waals surface area contributed by atoms with E-state index in [0.29, 0.717) is 14.6 Å². The zero-order chi connectivity index (χ0) is 11.0. The molecule has 0 amide bonds. The van der Waals surface area contributed by atoms with Gasteiger partial charge in [0.05, 0.1) is 4.34 Å². The molecule has 4 nitrogen and oxygen atoms in total. The number of aryl methyl sites for hydroxylation is 1. The number of thiophene rings is 1. The maximum Gasteiger partial charge on any atom is 0.154 e. The lowest BCUT2D eigenvalue weighted by molar-refractivity contribution is 0.212. The normalized spacial score (nSPS) is 13.1. The van der Waals surface area contributed by atoms with E-state index in [1.165, 1.54) is 16.0 Å². The fourth-order valence-electron chi connectivity index (χ4n) is 1.24. The standard InChI is InChI=1S/C8H7BrClN3OS/c1-13-6(8(9)11-12-13)7(14)4-2-3-5(10)15-4/h2-3,7,14H,1H3. The molecule has 80 valence electrons. The minimum absolute atomic E-state index is 0.544. The van der Waals surface area contributed by atoms with Gasteiger partial charge in [0, 0.05) is 11.9 Å². The Hall–Kier alpha value is -0.430. The molecule has 2 aromatic heterocycles. The number of halogens is 2. The summed E-state index contributed by atoms with van der Waals surface area (Å²) >= 11 is 10.4. The first-order chi connectivity index (χ1) is 7.09. The molecule has 2 aromatic rings. The van der Waals surface area contributed by atoms with Gasteiger partial charge in [0.1, 0.15) is 11.8 Å². The van der Waals surface area contributed by atoms with Gasteiger partial charge in [-0.05, 0) is 28.1 Å². The summed E-state index contributed by atoms with van der Waals surface area (Å²) in [5.41, 5.74) is 0.619. The number of aromatic nitrogens is 3. The second kappa shape index (κ2) is 4.21. The summed E-state index contributed by atoms with van der Waals surface area (Å²) in [5, 5.41) is 17.7. The topological polar surface area (TPSA) is 50.9 Å². The second-order valence-electron chi connectivity index (χ2n) is 2.93. The van der Waals surface area contributed by atoms with E-state index in [1.54, 1.807) is 19.2 Å². The van der Waals surface area contributed by atoms with Crippen molar-refractivity contribution in [1.29, 1.82) is 0 Å². The predicted octanol–water partition coefficient (Wildman–Crippen LogP) is 2.37. The van der Waals surface area contributed by atoms with Crippen LogP contribution in [0.5, 0.6) is 0 Å². The maximum absolute atomic E-state index is 10.1. The first-order valence-electron chi connectivity index (χ1n) is 4.08. The van der Waals surface area contributed by atoms with Gasteiger partial charge in [-0.1, -0.05) is 16.8 Å². The highest BCUT2D eigenvalue weighted by atomic mass is 79.9. The summed E-state index contributed by atoms with van der Waals surface area (Å²) in [7, 11) is 1.73. The molecule has 0 bridgehead atoms. The van der Waals surface area contributed by atoms with E-state index < -0.39 is 6.10 Å². The minimum Gasteiger partial charge on any atom is -0.381 e. The number of hydrogen-bond acceptors (Lipinski definition) is 4. The zero-order valence-electron chi connectivity index (χ0n) is 7.69. The lowest BCUT2D eigenvalue weighted by atomic mass is 10.2. The Kier molecular flexibility index (Phi) is 3.11. The molecule has 0 spiro atoms. The van der Waals surface area contributed by atoms with Gasteiger partial charge in [0.15, 0.2) is 4.60 Å². The SMILES string of the molecule is Cn1nnc(Br)c1C(O)c1ccc(Cl)s1. The van der Waals surface area contributed by atoms with Gasteiger partial charge in [0.2, 0.25) is 0 Å². The van der Waals surface area contributed by atoms with Gasteiger partial charge < -0.3 is 5.11 Å². The first kappa shape index (κ1) is 11.1. The molecule has 0 fully saturated rings. The van der Waals surface area contributed by atoms with Crippen LogP contribution in [0.1, 0.15) is 16.7 Å². The van der Waals surface area contributed by atoms with Crippen molar-refractivity contribution in [2.75, 3.05) is 0 Å². The highest BCUT2D eigenvalue weighted by Gasteiger charge is 2.20. The average Bonchev–Trinajstić information content (AvgIpc) is 2.73. The van der Waals surface area contributed by atoms with Crippen LogP contribution in [0.3, 0.4) is 0 Å². The van der Waals surface area contributed by atoms with E-state index in [-0.39, 0.29) is 0 Å². The molecule has 0 aliphatic heterocycles. The van der Waals surface area contributed by atoms with Crippen LogP contribution in [0.15, 0.2) is 16.7 Å². The van der Waals surface area contributed by atoms with Gasteiger partial charge in [-0.2, -0.15) is 0 Å². The molecule has 1 atom stereocenters. The quantitative estimate of drug-likeness (QED) is 0.926. The van der Waals surface area contributed by atoms with Crippen LogP contribution in [0.25, 0.3) is 0 Å². The van der Waals surface area contributed by atoms with E-state index in [9.17, 15) is 5.11 Å². The zero-order valence-corrected chi connectivity index (χ0v) is 10.8. The number of nitrogens with zero attached hydrogens (tertiary/aromatic N) is 3. The van der Waals surface area contributed by atoms with Crippen LogP contribution in [0.4, 0.5) is 0 Å². The molecule has 1 unspecified atom stereocenters. The molecule has 15 heavy (non-hydrogen) atoms. The summed E-state index contributed by atoms with van der Waals surface area (Å²) < 4.78 is 2.72. The molecule has 0 radical (unpaired) electrons. The average molecular weight is 309 g/mol. The molecule has 0 aliphatic carbocycles. The second-order valence-corrected chi connectivity index (χ2v) is 5.43. The van der Waals surface area contributed by atoms with Crippen molar-refractivity contribution in [3.05, 3.63) is 31.6 Å². The molecule has 1 N–H and O–H groups in total. The van der Waals surface area contributed by atoms with Crippen LogP contribution in [0.2, 0.25) is 4.34 Å². The van der Waals surface area contributed by atoms with Crippen LogP contribution in [0, 0.1) is 0 Å². The van der Waals surface area contributed by atoms with Gasteiger partial charge >= 0.3 is 0 Å². The highest BCUT2D eigenvalue weighted by molar-refractivity contribution is 9.10. The summed E-state index contributed by atoms with van der Waals surface area (Å²) in [6.07, 6.45) is -0.753. The molecule has 0 aliphatic rings. The fourth-order valence-corrected chi connectivity index (χ4v) is 2.83. The Morgan fingerprint density at radius 2 is 2.33 bits per heavy atom. The van der Waals surface area contributed by atoms with Crippen molar-refractivity contribution in [3.63, 3.8) is 0 Å². The van der Waals surface area contributed by atoms with E-state index >= 15 is 0 Å². The van der Waals surface area contributed by atoms with E-state index in [4.69, 9.17) is 11.6 Å². The number of aliphatic hydroxyl groups excluding tert-OH is 1. The third-order valence-electron chi connectivity index (χ3n) is 1.95. The minimum atomic E-state index is -0.753. The molecule has 0 saturated carbocycles. The Labute approximate surface area is 104 Å². The van der Waals surface area contributed by atoms with Crippen LogP contribution >= 0.6 is 38.9 Å². The molecule has 7 heteroatoms. The molecular formula is C8H7BrClN3OS. The lowest BCUT2D eigenvalue weighted by Crippen LogP contribution is -2.05. The van der Waals surface area contributed by atoms with E-state index in [1.807, 2.05) is 0 Å². The van der Waals surface area contributed by atoms with Crippen molar-refractivity contribution in [2.45, 2.75) is 6.10 Å². The Morgan fingerprint density at radius 3 is 2.80 bits per heavy atom. The number of rotatable bonds is 2. The van der Waals surface area contributed by atoms with Crippen molar-refractivity contribution < 1.29 is 5.11 Å². The van der Waals surface area contributed by atoms with Crippen molar-refractivity contribution in [1.82, 2.24) is 15.0 Å². The Bertz CT molecular complexity index is 464. The van der Waals surface area contributed by atoms with Crippen LogP contribution in [-0.2, 0) is 7.05 Å². The number of aliphatic hydroxyl groups is 1. The van der Waals surface area contributed by atoms with Crippen molar-refractivity contribution in [3.8, 4) is 0 Å². The third kappa shape index (κ3) is 2.08. The molecule has 2 heterocycles. The summed E-state index contributed by atoms with van der Waals surface area (Å²) in [6.45, 7) is 0. The maximum atomic E-state index is 10.1. The molecular weight excluding hydrogens is 302 g/mol. The van der Waals surface area contributed by atoms with Crippen molar-refractivity contribution >= 4 is 38.9 Å².